The van der Waals surface area contributed by atoms with Gasteiger partial charge in [0.15, 0.2) is 0 Å². The van der Waals surface area contributed by atoms with Gasteiger partial charge in [-0.15, -0.1) is 10.2 Å². The summed E-state index contributed by atoms with van der Waals surface area (Å²) in [5, 5.41) is 12.9. The first kappa shape index (κ1) is 19.1. The van der Waals surface area contributed by atoms with Crippen LogP contribution >= 0.6 is 34.5 Å². The Bertz CT molecular complexity index is 820. The lowest BCUT2D eigenvalue weighted by atomic mass is 10.1. The van der Waals surface area contributed by atoms with Crippen LogP contribution < -0.4 is 5.32 Å². The van der Waals surface area contributed by atoms with Gasteiger partial charge < -0.3 is 4.90 Å². The number of anilines is 1. The molecule has 1 saturated heterocycles. The first-order valence-corrected chi connectivity index (χ1v) is 9.83. The van der Waals surface area contributed by atoms with Gasteiger partial charge >= 0.3 is 0 Å². The van der Waals surface area contributed by atoms with Crippen LogP contribution in [0.4, 0.5) is 5.13 Å². The van der Waals surface area contributed by atoms with E-state index in [9.17, 15) is 9.59 Å². The molecule has 1 aromatic heterocycles. The number of nitrogens with one attached hydrogen (secondary N) is 1. The van der Waals surface area contributed by atoms with Gasteiger partial charge in [0.2, 0.25) is 11.0 Å². The maximum absolute atomic E-state index is 12.8. The fourth-order valence-electron chi connectivity index (χ4n) is 2.83. The van der Waals surface area contributed by atoms with E-state index in [0.29, 0.717) is 33.7 Å². The SMILES string of the molecule is CC(C)c1nnc(NC(=O)[C@H]2CCCN2C(=O)c2cc(Cl)cc(Cl)c2)s1. The number of likely N-dealkylation sites (tertiary alicyclic amines) is 1. The van der Waals surface area contributed by atoms with Gasteiger partial charge in [0.1, 0.15) is 11.0 Å². The van der Waals surface area contributed by atoms with E-state index in [1.807, 2.05) is 13.8 Å². The molecule has 0 unspecified atom stereocenters. The molecule has 0 aliphatic carbocycles. The van der Waals surface area contributed by atoms with Crippen LogP contribution in [0.2, 0.25) is 10.0 Å². The van der Waals surface area contributed by atoms with Crippen molar-refractivity contribution in [2.75, 3.05) is 11.9 Å². The molecule has 9 heteroatoms. The second-order valence-corrected chi connectivity index (χ2v) is 8.29. The highest BCUT2D eigenvalue weighted by molar-refractivity contribution is 7.15. The summed E-state index contributed by atoms with van der Waals surface area (Å²) in [6, 6.07) is 4.13. The number of carbonyl (C=O) groups is 2. The minimum atomic E-state index is -0.549. The van der Waals surface area contributed by atoms with Gasteiger partial charge in [-0.25, -0.2) is 0 Å². The van der Waals surface area contributed by atoms with Crippen molar-refractivity contribution in [3.63, 3.8) is 0 Å². The first-order chi connectivity index (χ1) is 12.3. The predicted molar refractivity (Wildman–Crippen MR) is 103 cm³/mol. The first-order valence-electron chi connectivity index (χ1n) is 8.26. The molecule has 3 rings (SSSR count). The van der Waals surface area contributed by atoms with Crippen LogP contribution in [0, 0.1) is 0 Å². The molecule has 1 fully saturated rings. The molecule has 2 aromatic rings. The lowest BCUT2D eigenvalue weighted by molar-refractivity contribution is -0.119. The lowest BCUT2D eigenvalue weighted by Crippen LogP contribution is -2.43. The normalized spacial score (nSPS) is 17.0. The lowest BCUT2D eigenvalue weighted by Gasteiger charge is -2.23. The Hall–Kier alpha value is -1.70. The van der Waals surface area contributed by atoms with E-state index in [1.54, 1.807) is 23.1 Å². The number of aromatic nitrogens is 2. The van der Waals surface area contributed by atoms with E-state index in [0.717, 1.165) is 11.4 Å². The zero-order chi connectivity index (χ0) is 18.8. The highest BCUT2D eigenvalue weighted by atomic mass is 35.5. The Morgan fingerprint density at radius 2 is 1.92 bits per heavy atom. The number of carbonyl (C=O) groups excluding carboxylic acids is 2. The third-order valence-corrected chi connectivity index (χ3v) is 5.67. The fourth-order valence-corrected chi connectivity index (χ4v) is 4.11. The highest BCUT2D eigenvalue weighted by Gasteiger charge is 2.35. The number of nitrogens with zero attached hydrogens (tertiary/aromatic N) is 3. The molecule has 1 N–H and O–H groups in total. The summed E-state index contributed by atoms with van der Waals surface area (Å²) in [5.74, 6) is -0.266. The quantitative estimate of drug-likeness (QED) is 0.815. The Balaban J connectivity index is 1.74. The Morgan fingerprint density at radius 3 is 2.54 bits per heavy atom. The van der Waals surface area contributed by atoms with Crippen molar-refractivity contribution in [3.05, 3.63) is 38.8 Å². The summed E-state index contributed by atoms with van der Waals surface area (Å²) in [6.45, 7) is 4.54. The minimum Gasteiger partial charge on any atom is -0.327 e. The van der Waals surface area contributed by atoms with Crippen molar-refractivity contribution in [1.82, 2.24) is 15.1 Å². The summed E-state index contributed by atoms with van der Waals surface area (Å²) < 4.78 is 0. The second-order valence-electron chi connectivity index (χ2n) is 6.40. The van der Waals surface area contributed by atoms with Gasteiger partial charge in [-0.05, 0) is 31.0 Å². The molecule has 1 aromatic carbocycles. The zero-order valence-corrected chi connectivity index (χ0v) is 16.7. The minimum absolute atomic E-state index is 0.246. The average Bonchev–Trinajstić information content (AvgIpc) is 3.22. The molecular formula is C17H18Cl2N4O2S. The van der Waals surface area contributed by atoms with Crippen molar-refractivity contribution in [3.8, 4) is 0 Å². The fraction of sp³-hybridized carbons (Fsp3) is 0.412. The van der Waals surface area contributed by atoms with E-state index in [-0.39, 0.29) is 17.7 Å². The number of amides is 2. The van der Waals surface area contributed by atoms with Crippen molar-refractivity contribution in [1.29, 1.82) is 0 Å². The summed E-state index contributed by atoms with van der Waals surface area (Å²) in [6.07, 6.45) is 1.35. The second kappa shape index (κ2) is 7.90. The molecule has 0 radical (unpaired) electrons. The van der Waals surface area contributed by atoms with Gasteiger partial charge in [-0.1, -0.05) is 48.4 Å². The number of hydrogen-bond acceptors (Lipinski definition) is 5. The van der Waals surface area contributed by atoms with Crippen molar-refractivity contribution >= 4 is 51.5 Å². The molecule has 2 heterocycles. The zero-order valence-electron chi connectivity index (χ0n) is 14.3. The summed E-state index contributed by atoms with van der Waals surface area (Å²) in [5.41, 5.74) is 0.375. The van der Waals surface area contributed by atoms with Crippen LogP contribution in [0.25, 0.3) is 0 Å². The largest absolute Gasteiger partial charge is 0.327 e. The predicted octanol–water partition coefficient (Wildman–Crippen LogP) is 4.21. The van der Waals surface area contributed by atoms with E-state index >= 15 is 0 Å². The molecule has 6 nitrogen and oxygen atoms in total. The van der Waals surface area contributed by atoms with Crippen LogP contribution in [0.1, 0.15) is 48.0 Å². The molecule has 1 atom stereocenters. The Morgan fingerprint density at radius 1 is 1.23 bits per heavy atom. The van der Waals surface area contributed by atoms with Crippen LogP contribution in [-0.4, -0.2) is 39.5 Å². The third kappa shape index (κ3) is 4.16. The number of halogens is 2. The van der Waals surface area contributed by atoms with E-state index in [1.165, 1.54) is 11.3 Å². The van der Waals surface area contributed by atoms with E-state index < -0.39 is 6.04 Å². The van der Waals surface area contributed by atoms with Gasteiger partial charge in [0, 0.05) is 28.1 Å². The van der Waals surface area contributed by atoms with Crippen LogP contribution in [-0.2, 0) is 4.79 Å². The molecule has 0 bridgehead atoms. The monoisotopic (exact) mass is 412 g/mol. The van der Waals surface area contributed by atoms with Gasteiger partial charge in [-0.2, -0.15) is 0 Å². The van der Waals surface area contributed by atoms with Gasteiger partial charge in [-0.3, -0.25) is 14.9 Å². The third-order valence-electron chi connectivity index (χ3n) is 4.09. The average molecular weight is 413 g/mol. The summed E-state index contributed by atoms with van der Waals surface area (Å²) in [7, 11) is 0. The van der Waals surface area contributed by atoms with Gasteiger partial charge in [0.25, 0.3) is 5.91 Å². The molecule has 1 aliphatic rings. The van der Waals surface area contributed by atoms with Crippen molar-refractivity contribution < 1.29 is 9.59 Å². The van der Waals surface area contributed by atoms with Crippen molar-refractivity contribution in [2.45, 2.75) is 38.6 Å². The number of hydrogen-bond donors (Lipinski definition) is 1. The summed E-state index contributed by atoms with van der Waals surface area (Å²) in [4.78, 5) is 27.0. The number of benzene rings is 1. The molecule has 2 amide bonds. The van der Waals surface area contributed by atoms with Crippen LogP contribution in [0.3, 0.4) is 0 Å². The van der Waals surface area contributed by atoms with Crippen LogP contribution in [0.15, 0.2) is 18.2 Å². The molecule has 0 spiro atoms. The highest BCUT2D eigenvalue weighted by Crippen LogP contribution is 2.27. The molecule has 26 heavy (non-hydrogen) atoms. The van der Waals surface area contributed by atoms with E-state index in [2.05, 4.69) is 15.5 Å². The Kier molecular flexibility index (Phi) is 5.79. The topological polar surface area (TPSA) is 75.2 Å². The van der Waals surface area contributed by atoms with E-state index in [4.69, 9.17) is 23.2 Å². The summed E-state index contributed by atoms with van der Waals surface area (Å²) >= 11 is 13.3. The Labute approximate surface area is 165 Å². The van der Waals surface area contributed by atoms with Crippen molar-refractivity contribution in [2.24, 2.45) is 0 Å². The van der Waals surface area contributed by atoms with Crippen LogP contribution in [0.5, 0.6) is 0 Å². The maximum Gasteiger partial charge on any atom is 0.254 e. The molecular weight excluding hydrogens is 395 g/mol. The standard InChI is InChI=1S/C17H18Cl2N4O2S/c1-9(2)15-21-22-17(26-15)20-14(24)13-4-3-5-23(13)16(25)10-6-11(18)8-12(19)7-10/h6-9,13H,3-5H2,1-2H3,(H,20,22,24)/t13-/m1/s1. The van der Waals surface area contributed by atoms with Gasteiger partial charge in [0.05, 0.1) is 0 Å². The maximum atomic E-state index is 12.8. The number of rotatable bonds is 4. The molecule has 0 saturated carbocycles. The smallest absolute Gasteiger partial charge is 0.254 e. The molecule has 138 valence electrons. The molecule has 1 aliphatic heterocycles.